The summed E-state index contributed by atoms with van der Waals surface area (Å²) in [5.74, 6) is -0.153. The van der Waals surface area contributed by atoms with E-state index in [9.17, 15) is 4.79 Å². The number of rotatable bonds is 5. The molecule has 3 aromatic heterocycles. The predicted octanol–water partition coefficient (Wildman–Crippen LogP) is 7.41. The topological polar surface area (TPSA) is 59.0 Å². The Morgan fingerprint density at radius 3 is 2.53 bits per heavy atom. The molecule has 0 saturated heterocycles. The highest BCUT2D eigenvalue weighted by Crippen LogP contribution is 2.34. The Hall–Kier alpha value is -4.13. The Labute approximate surface area is 216 Å². The first-order chi connectivity index (χ1) is 17.7. The van der Waals surface area contributed by atoms with Crippen molar-refractivity contribution in [3.8, 4) is 11.3 Å². The number of thiazole rings is 1. The zero-order valence-electron chi connectivity index (χ0n) is 19.0. The minimum atomic E-state index is -0.153. The van der Waals surface area contributed by atoms with Crippen LogP contribution in [0.2, 0.25) is 5.02 Å². The minimum Gasteiger partial charge on any atom is -0.279 e. The average Bonchev–Trinajstić information content (AvgIpc) is 3.34. The number of nitrogens with zero attached hydrogens (tertiary/aromatic N) is 4. The van der Waals surface area contributed by atoms with Crippen molar-refractivity contribution in [2.45, 2.75) is 6.54 Å². The number of benzene rings is 3. The number of fused-ring (bicyclic) bond motifs is 2. The van der Waals surface area contributed by atoms with Crippen molar-refractivity contribution in [3.05, 3.63) is 120 Å². The molecule has 0 aliphatic carbocycles. The lowest BCUT2D eigenvalue weighted by atomic mass is 10.0. The predicted molar refractivity (Wildman–Crippen MR) is 147 cm³/mol. The highest BCUT2D eigenvalue weighted by atomic mass is 35.5. The molecule has 0 saturated carbocycles. The SMILES string of the molecule is O=C(c1cc(-c2ccccc2)nc2ccccc12)N(Cc1cccnc1)c1nc2ccc(Cl)cc2s1. The number of hydrogen-bond acceptors (Lipinski definition) is 5. The summed E-state index contributed by atoms with van der Waals surface area (Å²) in [4.78, 5) is 29.9. The highest BCUT2D eigenvalue weighted by Gasteiger charge is 2.24. The third-order valence-corrected chi connectivity index (χ3v) is 7.17. The van der Waals surface area contributed by atoms with Gasteiger partial charge in [-0.15, -0.1) is 0 Å². The molecule has 6 aromatic rings. The van der Waals surface area contributed by atoms with Gasteiger partial charge in [0.05, 0.1) is 33.5 Å². The van der Waals surface area contributed by atoms with Crippen LogP contribution in [0.4, 0.5) is 5.13 Å². The van der Waals surface area contributed by atoms with Crippen molar-refractivity contribution < 1.29 is 4.79 Å². The summed E-state index contributed by atoms with van der Waals surface area (Å²) >= 11 is 7.66. The molecular formula is C29H19ClN4OS. The van der Waals surface area contributed by atoms with E-state index in [1.807, 2.05) is 91.0 Å². The van der Waals surface area contributed by atoms with Gasteiger partial charge in [-0.05, 0) is 42.0 Å². The van der Waals surface area contributed by atoms with E-state index in [0.29, 0.717) is 22.3 Å². The molecule has 0 N–H and O–H groups in total. The number of anilines is 1. The zero-order chi connectivity index (χ0) is 24.5. The van der Waals surface area contributed by atoms with Gasteiger partial charge in [-0.3, -0.25) is 14.7 Å². The molecular weight excluding hydrogens is 488 g/mol. The molecule has 0 bridgehead atoms. The van der Waals surface area contributed by atoms with E-state index in [2.05, 4.69) is 4.98 Å². The zero-order valence-corrected chi connectivity index (χ0v) is 20.6. The van der Waals surface area contributed by atoms with Crippen LogP contribution in [-0.4, -0.2) is 20.9 Å². The fourth-order valence-corrected chi connectivity index (χ4v) is 5.40. The molecule has 1 amide bonds. The van der Waals surface area contributed by atoms with Gasteiger partial charge in [0.25, 0.3) is 5.91 Å². The van der Waals surface area contributed by atoms with E-state index >= 15 is 0 Å². The Balaban J connectivity index is 1.52. The normalized spacial score (nSPS) is 11.1. The van der Waals surface area contributed by atoms with Gasteiger partial charge >= 0.3 is 0 Å². The summed E-state index contributed by atoms with van der Waals surface area (Å²) in [6.45, 7) is 0.331. The summed E-state index contributed by atoms with van der Waals surface area (Å²) < 4.78 is 0.922. The molecule has 0 unspecified atom stereocenters. The van der Waals surface area contributed by atoms with Crippen molar-refractivity contribution in [1.29, 1.82) is 0 Å². The van der Waals surface area contributed by atoms with Gasteiger partial charge in [-0.2, -0.15) is 0 Å². The number of aromatic nitrogens is 3. The quantitative estimate of drug-likeness (QED) is 0.244. The fourth-order valence-electron chi connectivity index (χ4n) is 4.16. The largest absolute Gasteiger partial charge is 0.279 e. The van der Waals surface area contributed by atoms with Gasteiger partial charge in [0.15, 0.2) is 5.13 Å². The van der Waals surface area contributed by atoms with Crippen LogP contribution in [-0.2, 0) is 6.54 Å². The molecule has 0 aliphatic heterocycles. The highest BCUT2D eigenvalue weighted by molar-refractivity contribution is 7.22. The maximum Gasteiger partial charge on any atom is 0.261 e. The summed E-state index contributed by atoms with van der Waals surface area (Å²) in [5, 5.41) is 2.03. The molecule has 3 aromatic carbocycles. The van der Waals surface area contributed by atoms with Gasteiger partial charge < -0.3 is 0 Å². The monoisotopic (exact) mass is 506 g/mol. The van der Waals surface area contributed by atoms with Gasteiger partial charge in [0.2, 0.25) is 0 Å². The first-order valence-electron chi connectivity index (χ1n) is 11.4. The second-order valence-corrected chi connectivity index (χ2v) is 9.74. The number of amides is 1. The Morgan fingerprint density at radius 2 is 1.69 bits per heavy atom. The first kappa shape index (κ1) is 22.3. The second-order valence-electron chi connectivity index (χ2n) is 8.30. The van der Waals surface area contributed by atoms with E-state index in [4.69, 9.17) is 21.6 Å². The maximum atomic E-state index is 14.3. The molecule has 0 radical (unpaired) electrons. The fraction of sp³-hybridized carbons (Fsp3) is 0.0345. The number of halogens is 1. The van der Waals surface area contributed by atoms with Crippen LogP contribution in [0, 0.1) is 0 Å². The molecule has 36 heavy (non-hydrogen) atoms. The summed E-state index contributed by atoms with van der Waals surface area (Å²) in [7, 11) is 0. The molecule has 3 heterocycles. The third-order valence-electron chi connectivity index (χ3n) is 5.89. The summed E-state index contributed by atoms with van der Waals surface area (Å²) in [6, 6.07) is 28.9. The van der Waals surface area contributed by atoms with E-state index in [0.717, 1.165) is 37.9 Å². The molecule has 0 atom stereocenters. The number of carbonyl (C=O) groups is 1. The first-order valence-corrected chi connectivity index (χ1v) is 12.6. The number of pyridine rings is 2. The van der Waals surface area contributed by atoms with Crippen molar-refractivity contribution >= 4 is 55.1 Å². The standard InChI is InChI=1S/C29H19ClN4OS/c30-21-12-13-25-27(15-21)36-29(33-25)34(18-19-7-6-14-31-17-19)28(35)23-16-26(20-8-2-1-3-9-20)32-24-11-5-4-10-22(23)24/h1-17H,18H2. The maximum absolute atomic E-state index is 14.3. The van der Waals surface area contributed by atoms with Crippen LogP contribution in [0.3, 0.4) is 0 Å². The summed E-state index contributed by atoms with van der Waals surface area (Å²) in [5.41, 5.74) is 4.73. The lowest BCUT2D eigenvalue weighted by Crippen LogP contribution is -2.30. The van der Waals surface area contributed by atoms with E-state index < -0.39 is 0 Å². The third kappa shape index (κ3) is 4.33. The van der Waals surface area contributed by atoms with Crippen molar-refractivity contribution in [3.63, 3.8) is 0 Å². The van der Waals surface area contributed by atoms with Crippen molar-refractivity contribution in [2.24, 2.45) is 0 Å². The van der Waals surface area contributed by atoms with Gasteiger partial charge in [-0.25, -0.2) is 9.97 Å². The van der Waals surface area contributed by atoms with Crippen LogP contribution in [0.15, 0.2) is 103 Å². The molecule has 0 spiro atoms. The molecule has 5 nitrogen and oxygen atoms in total. The smallest absolute Gasteiger partial charge is 0.261 e. The number of hydrogen-bond donors (Lipinski definition) is 0. The van der Waals surface area contributed by atoms with Crippen LogP contribution < -0.4 is 4.90 Å². The second kappa shape index (κ2) is 9.49. The van der Waals surface area contributed by atoms with E-state index in [1.165, 1.54) is 11.3 Å². The van der Waals surface area contributed by atoms with Crippen LogP contribution in [0.5, 0.6) is 0 Å². The molecule has 0 aliphatic rings. The Kier molecular flexibility index (Phi) is 5.89. The molecule has 6 rings (SSSR count). The van der Waals surface area contributed by atoms with E-state index in [1.54, 1.807) is 17.3 Å². The summed E-state index contributed by atoms with van der Waals surface area (Å²) in [6.07, 6.45) is 3.49. The Bertz CT molecular complexity index is 1700. The number of para-hydroxylation sites is 1. The molecule has 174 valence electrons. The lowest BCUT2D eigenvalue weighted by molar-refractivity contribution is 0.0986. The van der Waals surface area contributed by atoms with Gasteiger partial charge in [0, 0.05) is 28.4 Å². The minimum absolute atomic E-state index is 0.153. The van der Waals surface area contributed by atoms with E-state index in [-0.39, 0.29) is 5.91 Å². The average molecular weight is 507 g/mol. The van der Waals surface area contributed by atoms with Crippen molar-refractivity contribution in [2.75, 3.05) is 4.90 Å². The van der Waals surface area contributed by atoms with Gasteiger partial charge in [-0.1, -0.05) is 77.5 Å². The van der Waals surface area contributed by atoms with Gasteiger partial charge in [0.1, 0.15) is 0 Å². The Morgan fingerprint density at radius 1 is 0.861 bits per heavy atom. The number of carbonyl (C=O) groups excluding carboxylic acids is 1. The van der Waals surface area contributed by atoms with Crippen LogP contribution in [0.25, 0.3) is 32.4 Å². The van der Waals surface area contributed by atoms with Crippen LogP contribution in [0.1, 0.15) is 15.9 Å². The van der Waals surface area contributed by atoms with Crippen LogP contribution >= 0.6 is 22.9 Å². The van der Waals surface area contributed by atoms with Crippen molar-refractivity contribution in [1.82, 2.24) is 15.0 Å². The molecule has 0 fully saturated rings. The lowest BCUT2D eigenvalue weighted by Gasteiger charge is -2.21. The molecule has 7 heteroatoms.